The highest BCUT2D eigenvalue weighted by Gasteiger charge is 2.16. The minimum Gasteiger partial charge on any atom is -0.303 e. The number of aryl methyl sites for hydroxylation is 2. The molecule has 0 saturated carbocycles. The van der Waals surface area contributed by atoms with Gasteiger partial charge in [0.25, 0.3) is 5.56 Å². The molecule has 2 heterocycles. The molecule has 2 aromatic heterocycles. The van der Waals surface area contributed by atoms with E-state index in [4.69, 9.17) is 0 Å². The summed E-state index contributed by atoms with van der Waals surface area (Å²) >= 11 is 0. The first-order valence-corrected chi connectivity index (χ1v) is 9.42. The van der Waals surface area contributed by atoms with Crippen molar-refractivity contribution in [3.05, 3.63) is 20.8 Å². The third-order valence-electron chi connectivity index (χ3n) is 4.37. The van der Waals surface area contributed by atoms with E-state index in [0.717, 1.165) is 18.6 Å². The van der Waals surface area contributed by atoms with Crippen molar-refractivity contribution in [3.63, 3.8) is 0 Å². The number of anilines is 1. The molecule has 0 fully saturated rings. The van der Waals surface area contributed by atoms with Crippen LogP contribution in [0.25, 0.3) is 11.2 Å². The van der Waals surface area contributed by atoms with Gasteiger partial charge >= 0.3 is 5.69 Å². The van der Waals surface area contributed by atoms with Crippen LogP contribution in [-0.4, -0.2) is 24.8 Å². The maximum absolute atomic E-state index is 12.3. The predicted octanol–water partition coefficient (Wildman–Crippen LogP) is 2.98. The molecule has 2 N–H and O–H groups in total. The monoisotopic (exact) mass is 362 g/mol. The Bertz CT molecular complexity index is 870. The van der Waals surface area contributed by atoms with E-state index >= 15 is 0 Å². The molecule has 144 valence electrons. The first kappa shape index (κ1) is 19.9. The van der Waals surface area contributed by atoms with E-state index in [1.807, 2.05) is 18.4 Å². The zero-order chi connectivity index (χ0) is 19.1. The van der Waals surface area contributed by atoms with E-state index < -0.39 is 11.2 Å². The van der Waals surface area contributed by atoms with Crippen LogP contribution in [0.3, 0.4) is 0 Å². The summed E-state index contributed by atoms with van der Waals surface area (Å²) in [5.41, 5.74) is 3.66. The minimum atomic E-state index is -0.468. The predicted molar refractivity (Wildman–Crippen MR) is 106 cm³/mol. The molecule has 0 aliphatic rings. The fourth-order valence-corrected chi connectivity index (χ4v) is 2.93. The van der Waals surface area contributed by atoms with Crippen molar-refractivity contribution in [1.82, 2.24) is 19.1 Å². The number of rotatable bonds is 10. The molecule has 0 radical (unpaired) electrons. The molecule has 26 heavy (non-hydrogen) atoms. The molecule has 0 atom stereocenters. The minimum absolute atomic E-state index is 0.369. The number of nitrogens with zero attached hydrogens (tertiary/aromatic N) is 4. The summed E-state index contributed by atoms with van der Waals surface area (Å²) in [4.78, 5) is 31.0. The lowest BCUT2D eigenvalue weighted by atomic mass is 10.1. The SMILES string of the molecule is CCCCCCCCCn1c(NN=C(C)C)nc2c1c(=O)[nH]c(=O)n2C. The quantitative estimate of drug-likeness (QED) is 0.386. The summed E-state index contributed by atoms with van der Waals surface area (Å²) in [5, 5.41) is 4.19. The maximum atomic E-state index is 12.3. The lowest BCUT2D eigenvalue weighted by Gasteiger charge is -2.08. The fraction of sp³-hybridized carbons (Fsp3) is 0.667. The van der Waals surface area contributed by atoms with Gasteiger partial charge < -0.3 is 4.57 Å². The molecule has 0 aliphatic carbocycles. The number of nitrogens with one attached hydrogen (secondary N) is 2. The Morgan fingerprint density at radius 3 is 2.42 bits per heavy atom. The normalized spacial score (nSPS) is 11.1. The van der Waals surface area contributed by atoms with Crippen LogP contribution in [0.4, 0.5) is 5.95 Å². The Hall–Kier alpha value is -2.38. The second-order valence-electron chi connectivity index (χ2n) is 6.87. The Kier molecular flexibility index (Phi) is 7.17. The van der Waals surface area contributed by atoms with E-state index in [-0.39, 0.29) is 0 Å². The van der Waals surface area contributed by atoms with E-state index in [2.05, 4.69) is 27.4 Å². The zero-order valence-corrected chi connectivity index (χ0v) is 16.3. The Balaban J connectivity index is 2.23. The van der Waals surface area contributed by atoms with E-state index in [0.29, 0.717) is 23.7 Å². The maximum Gasteiger partial charge on any atom is 0.329 e. The number of imidazole rings is 1. The highest BCUT2D eigenvalue weighted by molar-refractivity contribution is 5.80. The van der Waals surface area contributed by atoms with Gasteiger partial charge in [0.1, 0.15) is 0 Å². The van der Waals surface area contributed by atoms with Crippen molar-refractivity contribution < 1.29 is 0 Å². The van der Waals surface area contributed by atoms with Crippen LogP contribution in [-0.2, 0) is 13.6 Å². The first-order valence-electron chi connectivity index (χ1n) is 9.42. The molecular weight excluding hydrogens is 332 g/mol. The Morgan fingerprint density at radius 1 is 1.12 bits per heavy atom. The number of hydrazone groups is 1. The Morgan fingerprint density at radius 2 is 1.77 bits per heavy atom. The molecule has 0 unspecified atom stereocenters. The molecule has 0 saturated heterocycles. The van der Waals surface area contributed by atoms with Crippen LogP contribution in [0.2, 0.25) is 0 Å². The summed E-state index contributed by atoms with van der Waals surface area (Å²) in [7, 11) is 1.60. The second-order valence-corrected chi connectivity index (χ2v) is 6.87. The highest BCUT2D eigenvalue weighted by Crippen LogP contribution is 2.17. The van der Waals surface area contributed by atoms with Crippen LogP contribution in [0.1, 0.15) is 65.7 Å². The topological polar surface area (TPSA) is 97.1 Å². The summed E-state index contributed by atoms with van der Waals surface area (Å²) in [6.07, 6.45) is 8.30. The van der Waals surface area contributed by atoms with Crippen molar-refractivity contribution in [1.29, 1.82) is 0 Å². The van der Waals surface area contributed by atoms with E-state index in [1.54, 1.807) is 7.05 Å². The van der Waals surface area contributed by atoms with Crippen LogP contribution < -0.4 is 16.7 Å². The van der Waals surface area contributed by atoms with Gasteiger partial charge in [-0.3, -0.25) is 14.3 Å². The van der Waals surface area contributed by atoms with Gasteiger partial charge in [0, 0.05) is 19.3 Å². The third-order valence-corrected chi connectivity index (χ3v) is 4.37. The highest BCUT2D eigenvalue weighted by atomic mass is 16.2. The van der Waals surface area contributed by atoms with Crippen molar-refractivity contribution in [3.8, 4) is 0 Å². The standard InChI is InChI=1S/C18H30N6O2/c1-5-6-7-8-9-10-11-12-24-14-15(19-17(24)22-21-13(2)3)23(4)18(26)20-16(14)25/h5-12H2,1-4H3,(H,19,22)(H,20,25,26). The molecule has 0 bridgehead atoms. The molecule has 0 amide bonds. The van der Waals surface area contributed by atoms with Gasteiger partial charge in [0.15, 0.2) is 11.2 Å². The van der Waals surface area contributed by atoms with Gasteiger partial charge in [0.2, 0.25) is 5.95 Å². The number of aromatic nitrogens is 4. The average Bonchev–Trinajstić information content (AvgIpc) is 2.96. The van der Waals surface area contributed by atoms with Crippen LogP contribution in [0.5, 0.6) is 0 Å². The van der Waals surface area contributed by atoms with Crippen LogP contribution in [0, 0.1) is 0 Å². The number of hydrogen-bond donors (Lipinski definition) is 2. The molecule has 8 nitrogen and oxygen atoms in total. The number of fused-ring (bicyclic) bond motifs is 1. The third kappa shape index (κ3) is 4.83. The van der Waals surface area contributed by atoms with Gasteiger partial charge in [-0.15, -0.1) is 0 Å². The van der Waals surface area contributed by atoms with Crippen molar-refractivity contribution >= 4 is 22.8 Å². The first-order chi connectivity index (χ1) is 12.5. The molecule has 0 aliphatic heterocycles. The zero-order valence-electron chi connectivity index (χ0n) is 16.3. The van der Waals surface area contributed by atoms with Crippen LogP contribution >= 0.6 is 0 Å². The van der Waals surface area contributed by atoms with E-state index in [1.165, 1.54) is 36.7 Å². The summed E-state index contributed by atoms with van der Waals surface area (Å²) in [5.74, 6) is 0.485. The summed E-state index contributed by atoms with van der Waals surface area (Å²) < 4.78 is 3.18. The molecule has 8 heteroatoms. The molecular formula is C18H30N6O2. The number of H-pyrrole nitrogens is 1. The number of hydrogen-bond acceptors (Lipinski definition) is 5. The smallest absolute Gasteiger partial charge is 0.303 e. The number of aromatic amines is 1. The van der Waals surface area contributed by atoms with Crippen molar-refractivity contribution in [2.45, 2.75) is 72.3 Å². The van der Waals surface area contributed by atoms with Crippen LogP contribution in [0.15, 0.2) is 14.7 Å². The van der Waals surface area contributed by atoms with Gasteiger partial charge in [-0.1, -0.05) is 45.4 Å². The van der Waals surface area contributed by atoms with Gasteiger partial charge in [0.05, 0.1) is 0 Å². The lowest BCUT2D eigenvalue weighted by Crippen LogP contribution is -2.29. The molecule has 0 aromatic carbocycles. The fourth-order valence-electron chi connectivity index (χ4n) is 2.93. The lowest BCUT2D eigenvalue weighted by molar-refractivity contribution is 0.556. The largest absolute Gasteiger partial charge is 0.329 e. The summed E-state index contributed by atoms with van der Waals surface area (Å²) in [6, 6.07) is 0. The van der Waals surface area contributed by atoms with Gasteiger partial charge in [-0.25, -0.2) is 10.2 Å². The molecule has 2 aromatic rings. The molecule has 2 rings (SSSR count). The summed E-state index contributed by atoms with van der Waals surface area (Å²) in [6.45, 7) is 6.62. The molecule has 0 spiro atoms. The van der Waals surface area contributed by atoms with E-state index in [9.17, 15) is 9.59 Å². The average molecular weight is 362 g/mol. The Labute approximate surface area is 153 Å². The number of unbranched alkanes of at least 4 members (excludes halogenated alkanes) is 6. The second kappa shape index (κ2) is 9.35. The van der Waals surface area contributed by atoms with Crippen molar-refractivity contribution in [2.24, 2.45) is 12.1 Å². The van der Waals surface area contributed by atoms with Gasteiger partial charge in [-0.2, -0.15) is 10.1 Å². The van der Waals surface area contributed by atoms with Gasteiger partial charge in [-0.05, 0) is 20.3 Å². The van der Waals surface area contributed by atoms with Crippen molar-refractivity contribution in [2.75, 3.05) is 5.43 Å².